The first-order chi connectivity index (χ1) is 10.3. The van der Waals surface area contributed by atoms with Gasteiger partial charge in [0.2, 0.25) is 0 Å². The van der Waals surface area contributed by atoms with Crippen LogP contribution < -0.4 is 10.5 Å². The first kappa shape index (κ1) is 13.9. The highest BCUT2D eigenvalue weighted by molar-refractivity contribution is 5.73. The van der Waals surface area contributed by atoms with Crippen LogP contribution in [0.25, 0.3) is 11.1 Å². The van der Waals surface area contributed by atoms with Gasteiger partial charge in [0.15, 0.2) is 0 Å². The molecule has 0 saturated heterocycles. The first-order valence-electron chi connectivity index (χ1n) is 7.79. The highest BCUT2D eigenvalue weighted by Gasteiger charge is 2.19. The van der Waals surface area contributed by atoms with E-state index >= 15 is 0 Å². The van der Waals surface area contributed by atoms with E-state index in [1.165, 1.54) is 12.8 Å². The molecular weight excluding hydrogens is 260 g/mol. The van der Waals surface area contributed by atoms with Gasteiger partial charge >= 0.3 is 0 Å². The minimum Gasteiger partial charge on any atom is -0.490 e. The second-order valence-corrected chi connectivity index (χ2v) is 5.60. The smallest absolute Gasteiger partial charge is 0.127 e. The fourth-order valence-corrected chi connectivity index (χ4v) is 3.01. The molecule has 0 aliphatic heterocycles. The lowest BCUT2D eigenvalue weighted by Crippen LogP contribution is -2.11. The average molecular weight is 282 g/mol. The van der Waals surface area contributed by atoms with Gasteiger partial charge in [-0.25, -0.2) is 4.98 Å². The molecule has 0 spiro atoms. The third-order valence-corrected chi connectivity index (χ3v) is 4.10. The molecule has 1 heterocycles. The van der Waals surface area contributed by atoms with Gasteiger partial charge in [-0.15, -0.1) is 0 Å². The van der Waals surface area contributed by atoms with Crippen LogP contribution >= 0.6 is 0 Å². The Balaban J connectivity index is 1.98. The molecule has 1 saturated carbocycles. The van der Waals surface area contributed by atoms with E-state index in [-0.39, 0.29) is 0 Å². The van der Waals surface area contributed by atoms with Crippen LogP contribution in [0, 0.1) is 0 Å². The summed E-state index contributed by atoms with van der Waals surface area (Å²) < 4.78 is 6.23. The number of nitrogens with two attached hydrogens (primary N) is 1. The molecule has 0 amide bonds. The van der Waals surface area contributed by atoms with Crippen LogP contribution in [-0.2, 0) is 6.42 Å². The summed E-state index contributed by atoms with van der Waals surface area (Å²) in [4.78, 5) is 4.46. The summed E-state index contributed by atoms with van der Waals surface area (Å²) in [5, 5.41) is 0. The van der Waals surface area contributed by atoms with Crippen LogP contribution in [0.4, 0.5) is 5.82 Å². The van der Waals surface area contributed by atoms with E-state index in [2.05, 4.69) is 30.1 Å². The number of hydrogen-bond donors (Lipinski definition) is 1. The van der Waals surface area contributed by atoms with Gasteiger partial charge in [-0.3, -0.25) is 0 Å². The number of benzene rings is 1. The van der Waals surface area contributed by atoms with Crippen LogP contribution in [0.15, 0.2) is 36.4 Å². The highest BCUT2D eigenvalue weighted by Crippen LogP contribution is 2.34. The predicted molar refractivity (Wildman–Crippen MR) is 86.3 cm³/mol. The van der Waals surface area contributed by atoms with Crippen molar-refractivity contribution in [3.8, 4) is 16.9 Å². The standard InChI is InChI=1S/C18H22N2O/c1-2-16-14(11-12-18(19)20-16)15-9-5-6-10-17(15)21-13-7-3-4-8-13/h5-6,9-13H,2-4,7-8H2,1H3,(H2,19,20). The number of nitrogens with zero attached hydrogens (tertiary/aromatic N) is 1. The molecular formula is C18H22N2O. The quantitative estimate of drug-likeness (QED) is 0.913. The molecule has 0 unspecified atom stereocenters. The Hall–Kier alpha value is -2.03. The molecule has 1 aromatic heterocycles. The molecule has 0 atom stereocenters. The molecule has 1 aliphatic rings. The molecule has 3 heteroatoms. The fourth-order valence-electron chi connectivity index (χ4n) is 3.01. The van der Waals surface area contributed by atoms with Crippen LogP contribution in [0.5, 0.6) is 5.75 Å². The zero-order chi connectivity index (χ0) is 14.7. The Morgan fingerprint density at radius 1 is 1.10 bits per heavy atom. The van der Waals surface area contributed by atoms with E-state index in [1.807, 2.05) is 18.2 Å². The number of para-hydroxylation sites is 1. The van der Waals surface area contributed by atoms with Crippen molar-refractivity contribution in [2.24, 2.45) is 0 Å². The third kappa shape index (κ3) is 3.02. The Morgan fingerprint density at radius 2 is 1.86 bits per heavy atom. The molecule has 1 aromatic carbocycles. The van der Waals surface area contributed by atoms with Crippen molar-refractivity contribution in [1.29, 1.82) is 0 Å². The van der Waals surface area contributed by atoms with Crippen LogP contribution in [0.2, 0.25) is 0 Å². The molecule has 21 heavy (non-hydrogen) atoms. The van der Waals surface area contributed by atoms with Gasteiger partial charge < -0.3 is 10.5 Å². The summed E-state index contributed by atoms with van der Waals surface area (Å²) in [7, 11) is 0. The highest BCUT2D eigenvalue weighted by atomic mass is 16.5. The molecule has 1 aliphatic carbocycles. The van der Waals surface area contributed by atoms with E-state index in [0.717, 1.165) is 41.8 Å². The monoisotopic (exact) mass is 282 g/mol. The van der Waals surface area contributed by atoms with Crippen LogP contribution in [0.3, 0.4) is 0 Å². The van der Waals surface area contributed by atoms with Gasteiger partial charge in [0.05, 0.1) is 11.8 Å². The Morgan fingerprint density at radius 3 is 2.62 bits per heavy atom. The third-order valence-electron chi connectivity index (χ3n) is 4.10. The van der Waals surface area contributed by atoms with Gasteiger partial charge in [0, 0.05) is 11.1 Å². The van der Waals surface area contributed by atoms with E-state index < -0.39 is 0 Å². The fraction of sp³-hybridized carbons (Fsp3) is 0.389. The van der Waals surface area contributed by atoms with Gasteiger partial charge in [0.25, 0.3) is 0 Å². The van der Waals surface area contributed by atoms with Crippen molar-refractivity contribution in [3.63, 3.8) is 0 Å². The molecule has 2 N–H and O–H groups in total. The molecule has 0 radical (unpaired) electrons. The number of aryl methyl sites for hydroxylation is 1. The maximum Gasteiger partial charge on any atom is 0.127 e. The first-order valence-corrected chi connectivity index (χ1v) is 7.79. The lowest BCUT2D eigenvalue weighted by Gasteiger charge is -2.18. The number of rotatable bonds is 4. The number of aromatic nitrogens is 1. The zero-order valence-electron chi connectivity index (χ0n) is 12.5. The molecule has 3 nitrogen and oxygen atoms in total. The molecule has 3 rings (SSSR count). The molecule has 110 valence electrons. The zero-order valence-corrected chi connectivity index (χ0v) is 12.5. The Kier molecular flexibility index (Phi) is 4.09. The maximum absolute atomic E-state index is 6.23. The lowest BCUT2D eigenvalue weighted by molar-refractivity contribution is 0.211. The summed E-state index contributed by atoms with van der Waals surface area (Å²) in [5.41, 5.74) is 9.08. The topological polar surface area (TPSA) is 48.1 Å². The number of nitrogen functional groups attached to an aromatic ring is 1. The summed E-state index contributed by atoms with van der Waals surface area (Å²) in [6.45, 7) is 2.10. The Labute approximate surface area is 126 Å². The van der Waals surface area contributed by atoms with Crippen molar-refractivity contribution in [2.75, 3.05) is 5.73 Å². The number of ether oxygens (including phenoxy) is 1. The van der Waals surface area contributed by atoms with E-state index in [9.17, 15) is 0 Å². The average Bonchev–Trinajstić information content (AvgIpc) is 3.01. The molecule has 2 aromatic rings. The molecule has 0 bridgehead atoms. The number of pyridine rings is 1. The summed E-state index contributed by atoms with van der Waals surface area (Å²) >= 11 is 0. The van der Waals surface area contributed by atoms with Gasteiger partial charge in [-0.05, 0) is 50.3 Å². The van der Waals surface area contributed by atoms with E-state index in [0.29, 0.717) is 11.9 Å². The predicted octanol–water partition coefficient (Wildman–Crippen LogP) is 4.21. The number of anilines is 1. The van der Waals surface area contributed by atoms with Crippen molar-refractivity contribution in [1.82, 2.24) is 4.98 Å². The maximum atomic E-state index is 6.23. The van der Waals surface area contributed by atoms with Crippen LogP contribution in [-0.4, -0.2) is 11.1 Å². The van der Waals surface area contributed by atoms with Crippen molar-refractivity contribution in [3.05, 3.63) is 42.1 Å². The summed E-state index contributed by atoms with van der Waals surface area (Å²) in [6, 6.07) is 12.2. The van der Waals surface area contributed by atoms with E-state index in [4.69, 9.17) is 10.5 Å². The Bertz CT molecular complexity index is 618. The largest absolute Gasteiger partial charge is 0.490 e. The second-order valence-electron chi connectivity index (χ2n) is 5.60. The molecule has 1 fully saturated rings. The minimum atomic E-state index is 0.359. The summed E-state index contributed by atoms with van der Waals surface area (Å²) in [5.74, 6) is 1.54. The van der Waals surface area contributed by atoms with Crippen molar-refractivity contribution in [2.45, 2.75) is 45.1 Å². The minimum absolute atomic E-state index is 0.359. The number of hydrogen-bond acceptors (Lipinski definition) is 3. The van der Waals surface area contributed by atoms with Gasteiger partial charge in [-0.1, -0.05) is 25.1 Å². The van der Waals surface area contributed by atoms with Crippen molar-refractivity contribution < 1.29 is 4.74 Å². The van der Waals surface area contributed by atoms with Gasteiger partial charge in [-0.2, -0.15) is 0 Å². The SMILES string of the molecule is CCc1nc(N)ccc1-c1ccccc1OC1CCCC1. The normalized spacial score (nSPS) is 15.3. The lowest BCUT2D eigenvalue weighted by atomic mass is 10.0. The van der Waals surface area contributed by atoms with Gasteiger partial charge in [0.1, 0.15) is 11.6 Å². The summed E-state index contributed by atoms with van der Waals surface area (Å²) in [6.07, 6.45) is 6.09. The van der Waals surface area contributed by atoms with Crippen LogP contribution in [0.1, 0.15) is 38.3 Å². The van der Waals surface area contributed by atoms with E-state index in [1.54, 1.807) is 0 Å². The van der Waals surface area contributed by atoms with Crippen molar-refractivity contribution >= 4 is 5.82 Å². The second kappa shape index (κ2) is 6.17.